The average molecular weight is 411 g/mol. The van der Waals surface area contributed by atoms with Gasteiger partial charge in [-0.05, 0) is 42.8 Å². The van der Waals surface area contributed by atoms with E-state index < -0.39 is 6.10 Å². The number of nitrogens with one attached hydrogen (secondary N) is 1. The number of rotatable bonds is 4. The van der Waals surface area contributed by atoms with Gasteiger partial charge in [0.25, 0.3) is 5.91 Å². The third kappa shape index (κ3) is 3.97. The molecule has 2 heterocycles. The molecule has 2 amide bonds. The molecule has 4 rings (SSSR count). The second-order valence-corrected chi connectivity index (χ2v) is 7.59. The SMILES string of the molecule is CC1Oc2ccc(-c3csc(NC(=O)Cc4ccc(F)cc4)n3)cc2N(C)C1=O. The second kappa shape index (κ2) is 7.63. The molecule has 29 heavy (non-hydrogen) atoms. The third-order valence-corrected chi connectivity index (χ3v) is 5.38. The number of carbonyl (C=O) groups excluding carboxylic acids is 2. The van der Waals surface area contributed by atoms with Gasteiger partial charge in [-0.1, -0.05) is 12.1 Å². The first-order valence-corrected chi connectivity index (χ1v) is 9.87. The molecule has 3 aromatic rings. The first kappa shape index (κ1) is 19.1. The first-order chi connectivity index (χ1) is 13.9. The zero-order valence-electron chi connectivity index (χ0n) is 15.8. The van der Waals surface area contributed by atoms with Gasteiger partial charge in [-0.2, -0.15) is 0 Å². The lowest BCUT2D eigenvalue weighted by Gasteiger charge is -2.30. The molecule has 0 fully saturated rings. The van der Waals surface area contributed by atoms with Crippen LogP contribution in [-0.4, -0.2) is 29.9 Å². The summed E-state index contributed by atoms with van der Waals surface area (Å²) in [6.45, 7) is 1.72. The van der Waals surface area contributed by atoms with Crippen LogP contribution in [0.15, 0.2) is 47.8 Å². The summed E-state index contributed by atoms with van der Waals surface area (Å²) < 4.78 is 18.6. The van der Waals surface area contributed by atoms with Crippen LogP contribution in [0.1, 0.15) is 12.5 Å². The predicted octanol–water partition coefficient (Wildman–Crippen LogP) is 3.87. The highest BCUT2D eigenvalue weighted by molar-refractivity contribution is 7.14. The number of hydrogen-bond donors (Lipinski definition) is 1. The highest BCUT2D eigenvalue weighted by atomic mass is 32.1. The number of benzene rings is 2. The number of thiazole rings is 1. The van der Waals surface area contributed by atoms with Crippen LogP contribution >= 0.6 is 11.3 Å². The van der Waals surface area contributed by atoms with Gasteiger partial charge in [-0.25, -0.2) is 9.37 Å². The van der Waals surface area contributed by atoms with Gasteiger partial charge >= 0.3 is 0 Å². The minimum atomic E-state index is -0.513. The maximum absolute atomic E-state index is 13.0. The minimum absolute atomic E-state index is 0.110. The molecule has 0 aliphatic carbocycles. The summed E-state index contributed by atoms with van der Waals surface area (Å²) in [6.07, 6.45) is -0.378. The number of hydrogen-bond acceptors (Lipinski definition) is 5. The van der Waals surface area contributed by atoms with Crippen LogP contribution in [0.25, 0.3) is 11.3 Å². The molecule has 6 nitrogen and oxygen atoms in total. The van der Waals surface area contributed by atoms with Crippen molar-refractivity contribution in [3.63, 3.8) is 0 Å². The number of amides is 2. The average Bonchev–Trinajstić information content (AvgIpc) is 3.16. The number of fused-ring (bicyclic) bond motifs is 1. The molecular weight excluding hydrogens is 393 g/mol. The highest BCUT2D eigenvalue weighted by Crippen LogP contribution is 2.37. The fraction of sp³-hybridized carbons (Fsp3) is 0.190. The van der Waals surface area contributed by atoms with Gasteiger partial charge in [0.1, 0.15) is 11.6 Å². The molecule has 2 aromatic carbocycles. The van der Waals surface area contributed by atoms with Crippen molar-refractivity contribution in [1.29, 1.82) is 0 Å². The van der Waals surface area contributed by atoms with Crippen LogP contribution in [0.2, 0.25) is 0 Å². The van der Waals surface area contributed by atoms with Gasteiger partial charge in [0, 0.05) is 18.0 Å². The number of nitrogens with zero attached hydrogens (tertiary/aromatic N) is 2. The second-order valence-electron chi connectivity index (χ2n) is 6.73. The number of likely N-dealkylation sites (N-methyl/N-ethyl adjacent to an activating group) is 1. The molecular formula is C21H18FN3O3S. The molecule has 0 saturated heterocycles. The summed E-state index contributed by atoms with van der Waals surface area (Å²) in [4.78, 5) is 30.4. The highest BCUT2D eigenvalue weighted by Gasteiger charge is 2.29. The van der Waals surface area contributed by atoms with E-state index in [1.165, 1.54) is 23.5 Å². The molecule has 0 spiro atoms. The maximum atomic E-state index is 13.0. The number of anilines is 2. The Labute approximate surface area is 171 Å². The number of halogens is 1. The summed E-state index contributed by atoms with van der Waals surface area (Å²) in [5.74, 6) is -0.0280. The standard InChI is InChI=1S/C21H18FN3O3S/c1-12-20(27)25(2)17-10-14(5-8-18(17)28-12)16-11-29-21(23-16)24-19(26)9-13-3-6-15(22)7-4-13/h3-8,10-12H,9H2,1-2H3,(H,23,24,26). The van der Waals surface area contributed by atoms with Gasteiger partial charge in [-0.15, -0.1) is 11.3 Å². The molecule has 1 atom stereocenters. The molecule has 1 aromatic heterocycles. The van der Waals surface area contributed by atoms with Crippen LogP contribution in [0.3, 0.4) is 0 Å². The Bertz CT molecular complexity index is 1080. The molecule has 0 radical (unpaired) electrons. The number of aromatic nitrogens is 1. The maximum Gasteiger partial charge on any atom is 0.267 e. The number of carbonyl (C=O) groups is 2. The van der Waals surface area contributed by atoms with Crippen LogP contribution < -0.4 is 15.0 Å². The normalized spacial score (nSPS) is 15.6. The topological polar surface area (TPSA) is 71.5 Å². The van der Waals surface area contributed by atoms with Crippen molar-refractivity contribution < 1.29 is 18.7 Å². The van der Waals surface area contributed by atoms with Crippen LogP contribution in [0.5, 0.6) is 5.75 Å². The first-order valence-electron chi connectivity index (χ1n) is 8.99. The molecule has 8 heteroatoms. The minimum Gasteiger partial charge on any atom is -0.479 e. The monoisotopic (exact) mass is 411 g/mol. The Morgan fingerprint density at radius 1 is 1.28 bits per heavy atom. The van der Waals surface area contributed by atoms with E-state index in [0.717, 1.165) is 11.1 Å². The fourth-order valence-corrected chi connectivity index (χ4v) is 3.82. The lowest BCUT2D eigenvalue weighted by Crippen LogP contribution is -2.41. The van der Waals surface area contributed by atoms with Gasteiger partial charge in [0.15, 0.2) is 11.2 Å². The molecule has 1 unspecified atom stereocenters. The van der Waals surface area contributed by atoms with E-state index in [2.05, 4.69) is 10.3 Å². The van der Waals surface area contributed by atoms with E-state index in [-0.39, 0.29) is 24.1 Å². The largest absolute Gasteiger partial charge is 0.479 e. The van der Waals surface area contributed by atoms with E-state index in [0.29, 0.717) is 22.3 Å². The molecule has 0 bridgehead atoms. The van der Waals surface area contributed by atoms with Gasteiger partial charge in [0.2, 0.25) is 5.91 Å². The lowest BCUT2D eigenvalue weighted by molar-refractivity contribution is -0.125. The summed E-state index contributed by atoms with van der Waals surface area (Å²) >= 11 is 1.31. The van der Waals surface area contributed by atoms with E-state index in [1.54, 1.807) is 31.0 Å². The van der Waals surface area contributed by atoms with E-state index >= 15 is 0 Å². The molecule has 148 valence electrons. The predicted molar refractivity (Wildman–Crippen MR) is 110 cm³/mol. The Morgan fingerprint density at radius 2 is 2.03 bits per heavy atom. The van der Waals surface area contributed by atoms with Crippen molar-refractivity contribution >= 4 is 34.0 Å². The number of ether oxygens (including phenoxy) is 1. The van der Waals surface area contributed by atoms with Crippen molar-refractivity contribution in [2.24, 2.45) is 0 Å². The van der Waals surface area contributed by atoms with Crippen LogP contribution in [0.4, 0.5) is 15.2 Å². The quantitative estimate of drug-likeness (QED) is 0.707. The zero-order chi connectivity index (χ0) is 20.5. The van der Waals surface area contributed by atoms with Crippen molar-refractivity contribution in [2.75, 3.05) is 17.3 Å². The van der Waals surface area contributed by atoms with E-state index in [4.69, 9.17) is 4.74 Å². The van der Waals surface area contributed by atoms with Crippen molar-refractivity contribution in [3.05, 3.63) is 59.2 Å². The molecule has 0 saturated carbocycles. The molecule has 1 aliphatic rings. The lowest BCUT2D eigenvalue weighted by atomic mass is 10.1. The van der Waals surface area contributed by atoms with Crippen LogP contribution in [-0.2, 0) is 16.0 Å². The van der Waals surface area contributed by atoms with E-state index in [9.17, 15) is 14.0 Å². The summed E-state index contributed by atoms with van der Waals surface area (Å²) in [5.41, 5.74) is 2.91. The van der Waals surface area contributed by atoms with Crippen molar-refractivity contribution in [3.8, 4) is 17.0 Å². The summed E-state index contributed by atoms with van der Waals surface area (Å²) in [7, 11) is 1.71. The third-order valence-electron chi connectivity index (χ3n) is 4.63. The summed E-state index contributed by atoms with van der Waals surface area (Å²) in [6, 6.07) is 11.3. The van der Waals surface area contributed by atoms with E-state index in [1.807, 2.05) is 23.6 Å². The van der Waals surface area contributed by atoms with Crippen molar-refractivity contribution in [1.82, 2.24) is 4.98 Å². The van der Waals surface area contributed by atoms with Crippen molar-refractivity contribution in [2.45, 2.75) is 19.4 Å². The Hall–Kier alpha value is -3.26. The van der Waals surface area contributed by atoms with Gasteiger partial charge in [0.05, 0.1) is 17.8 Å². The summed E-state index contributed by atoms with van der Waals surface area (Å²) in [5, 5.41) is 5.07. The molecule has 1 aliphatic heterocycles. The van der Waals surface area contributed by atoms with Gasteiger partial charge < -0.3 is 15.0 Å². The Balaban J connectivity index is 1.48. The molecule has 1 N–H and O–H groups in total. The van der Waals surface area contributed by atoms with Crippen LogP contribution in [0, 0.1) is 5.82 Å². The van der Waals surface area contributed by atoms with Gasteiger partial charge in [-0.3, -0.25) is 9.59 Å². The Kier molecular flexibility index (Phi) is 5.02. The Morgan fingerprint density at radius 3 is 2.79 bits per heavy atom. The smallest absolute Gasteiger partial charge is 0.267 e. The fourth-order valence-electron chi connectivity index (χ4n) is 3.09. The zero-order valence-corrected chi connectivity index (χ0v) is 16.6.